The summed E-state index contributed by atoms with van der Waals surface area (Å²) in [4.78, 5) is 11.6. The van der Waals surface area contributed by atoms with E-state index in [0.717, 1.165) is 3.57 Å². The molecular formula is C11H13IN2O3S. The molecule has 1 aliphatic rings. The summed E-state index contributed by atoms with van der Waals surface area (Å²) in [6.07, 6.45) is 0.634. The molecule has 0 radical (unpaired) electrons. The first-order chi connectivity index (χ1) is 8.50. The number of hydrogen-bond donors (Lipinski definition) is 1. The molecular weight excluding hydrogens is 367 g/mol. The molecule has 1 N–H and O–H groups in total. The maximum Gasteiger partial charge on any atom is 0.243 e. The fraction of sp³-hybridized carbons (Fsp3) is 0.364. The summed E-state index contributed by atoms with van der Waals surface area (Å²) < 4.78 is 26.9. The van der Waals surface area contributed by atoms with E-state index < -0.39 is 10.0 Å². The SMILES string of the molecule is O=C1CN(S(=O)(=O)c2ccc(I)cc2)CCCN1. The topological polar surface area (TPSA) is 66.5 Å². The quantitative estimate of drug-likeness (QED) is 0.773. The Labute approximate surface area is 120 Å². The standard InChI is InChI=1S/C11H13IN2O3S/c12-9-2-4-10(5-3-9)18(16,17)14-7-1-6-13-11(15)8-14/h2-5H,1,6-8H2,(H,13,15). The molecule has 0 aliphatic carbocycles. The number of halogens is 1. The summed E-state index contributed by atoms with van der Waals surface area (Å²) in [5.74, 6) is -0.249. The Kier molecular flexibility index (Phi) is 4.23. The van der Waals surface area contributed by atoms with Crippen LogP contribution >= 0.6 is 22.6 Å². The van der Waals surface area contributed by atoms with Gasteiger partial charge in [0.25, 0.3) is 0 Å². The van der Waals surface area contributed by atoms with Crippen LogP contribution in [0.15, 0.2) is 29.2 Å². The van der Waals surface area contributed by atoms with Gasteiger partial charge in [0.05, 0.1) is 11.4 Å². The molecule has 0 bridgehead atoms. The first-order valence-corrected chi connectivity index (χ1v) is 8.04. The van der Waals surface area contributed by atoms with Crippen LogP contribution in [0.5, 0.6) is 0 Å². The van der Waals surface area contributed by atoms with Crippen molar-refractivity contribution in [2.24, 2.45) is 0 Å². The highest BCUT2D eigenvalue weighted by Crippen LogP contribution is 2.18. The number of carbonyl (C=O) groups is 1. The van der Waals surface area contributed by atoms with Gasteiger partial charge in [-0.3, -0.25) is 4.79 Å². The number of sulfonamides is 1. The van der Waals surface area contributed by atoms with E-state index in [1.54, 1.807) is 24.3 Å². The molecule has 0 atom stereocenters. The highest BCUT2D eigenvalue weighted by atomic mass is 127. The normalized spacial score (nSPS) is 18.2. The molecule has 7 heteroatoms. The Balaban J connectivity index is 2.29. The summed E-state index contributed by atoms with van der Waals surface area (Å²) in [5, 5.41) is 2.66. The van der Waals surface area contributed by atoms with Gasteiger partial charge in [-0.25, -0.2) is 8.42 Å². The number of carbonyl (C=O) groups excluding carboxylic acids is 1. The molecule has 18 heavy (non-hydrogen) atoms. The van der Waals surface area contributed by atoms with E-state index in [-0.39, 0.29) is 17.3 Å². The van der Waals surface area contributed by atoms with Gasteiger partial charge in [-0.1, -0.05) is 0 Å². The van der Waals surface area contributed by atoms with E-state index >= 15 is 0 Å². The predicted molar refractivity (Wildman–Crippen MR) is 75.5 cm³/mol. The van der Waals surface area contributed by atoms with Crippen molar-refractivity contribution >= 4 is 38.5 Å². The van der Waals surface area contributed by atoms with Gasteiger partial charge in [0, 0.05) is 16.7 Å². The van der Waals surface area contributed by atoms with Crippen molar-refractivity contribution < 1.29 is 13.2 Å². The fourth-order valence-corrected chi connectivity index (χ4v) is 3.53. The van der Waals surface area contributed by atoms with Crippen molar-refractivity contribution in [1.29, 1.82) is 0 Å². The van der Waals surface area contributed by atoms with Gasteiger partial charge in [-0.15, -0.1) is 0 Å². The minimum Gasteiger partial charge on any atom is -0.355 e. The van der Waals surface area contributed by atoms with Gasteiger partial charge in [0.2, 0.25) is 15.9 Å². The maximum absolute atomic E-state index is 12.3. The molecule has 1 aromatic carbocycles. The van der Waals surface area contributed by atoms with Crippen LogP contribution in [0.2, 0.25) is 0 Å². The summed E-state index contributed by atoms with van der Waals surface area (Å²) in [6, 6.07) is 6.62. The third-order valence-electron chi connectivity index (χ3n) is 2.68. The molecule has 1 heterocycles. The van der Waals surface area contributed by atoms with Crippen LogP contribution in [-0.2, 0) is 14.8 Å². The monoisotopic (exact) mass is 380 g/mol. The van der Waals surface area contributed by atoms with Crippen molar-refractivity contribution in [2.75, 3.05) is 19.6 Å². The lowest BCUT2D eigenvalue weighted by molar-refractivity contribution is -0.120. The van der Waals surface area contributed by atoms with Gasteiger partial charge < -0.3 is 5.32 Å². The van der Waals surface area contributed by atoms with Crippen LogP contribution in [0, 0.1) is 3.57 Å². The Morgan fingerprint density at radius 1 is 1.22 bits per heavy atom. The van der Waals surface area contributed by atoms with Crippen molar-refractivity contribution in [3.05, 3.63) is 27.8 Å². The van der Waals surface area contributed by atoms with Crippen molar-refractivity contribution in [2.45, 2.75) is 11.3 Å². The molecule has 1 aromatic rings. The van der Waals surface area contributed by atoms with E-state index in [9.17, 15) is 13.2 Å². The smallest absolute Gasteiger partial charge is 0.243 e. The van der Waals surface area contributed by atoms with Crippen LogP contribution in [0.4, 0.5) is 0 Å². The first-order valence-electron chi connectivity index (χ1n) is 5.52. The minimum atomic E-state index is -3.57. The zero-order valence-electron chi connectivity index (χ0n) is 9.60. The second kappa shape index (κ2) is 5.54. The maximum atomic E-state index is 12.3. The Bertz CT molecular complexity index is 542. The predicted octanol–water partition coefficient (Wildman–Crippen LogP) is 0.802. The largest absolute Gasteiger partial charge is 0.355 e. The van der Waals surface area contributed by atoms with Crippen molar-refractivity contribution in [3.63, 3.8) is 0 Å². The lowest BCUT2D eigenvalue weighted by atomic mass is 10.4. The third-order valence-corrected chi connectivity index (χ3v) is 5.26. The highest BCUT2D eigenvalue weighted by molar-refractivity contribution is 14.1. The zero-order chi connectivity index (χ0) is 13.2. The molecule has 2 rings (SSSR count). The Hall–Kier alpha value is -0.670. The number of amides is 1. The second-order valence-corrected chi connectivity index (χ2v) is 7.18. The van der Waals surface area contributed by atoms with Crippen molar-refractivity contribution in [1.82, 2.24) is 9.62 Å². The lowest BCUT2D eigenvalue weighted by Crippen LogP contribution is -2.37. The minimum absolute atomic E-state index is 0.103. The van der Waals surface area contributed by atoms with Crippen LogP contribution in [0.3, 0.4) is 0 Å². The van der Waals surface area contributed by atoms with E-state index in [2.05, 4.69) is 27.9 Å². The van der Waals surface area contributed by atoms with Crippen LogP contribution in [0.1, 0.15) is 6.42 Å². The molecule has 1 aliphatic heterocycles. The van der Waals surface area contributed by atoms with E-state index in [0.29, 0.717) is 19.5 Å². The molecule has 0 spiro atoms. The molecule has 1 fully saturated rings. The average Bonchev–Trinajstić information content (AvgIpc) is 2.55. The molecule has 0 aromatic heterocycles. The molecule has 0 unspecified atom stereocenters. The zero-order valence-corrected chi connectivity index (χ0v) is 12.6. The van der Waals surface area contributed by atoms with Crippen LogP contribution in [0.25, 0.3) is 0 Å². The molecule has 5 nitrogen and oxygen atoms in total. The average molecular weight is 380 g/mol. The Morgan fingerprint density at radius 2 is 1.89 bits per heavy atom. The lowest BCUT2D eigenvalue weighted by Gasteiger charge is -2.18. The van der Waals surface area contributed by atoms with Gasteiger partial charge in [-0.05, 0) is 53.3 Å². The van der Waals surface area contributed by atoms with Gasteiger partial charge >= 0.3 is 0 Å². The number of benzene rings is 1. The van der Waals surface area contributed by atoms with Crippen LogP contribution in [-0.4, -0.2) is 38.3 Å². The summed E-state index contributed by atoms with van der Waals surface area (Å²) in [5.41, 5.74) is 0. The molecule has 1 saturated heterocycles. The van der Waals surface area contributed by atoms with E-state index in [1.807, 2.05) is 0 Å². The van der Waals surface area contributed by atoms with E-state index in [4.69, 9.17) is 0 Å². The first kappa shape index (κ1) is 13.8. The summed E-state index contributed by atoms with van der Waals surface area (Å²) in [7, 11) is -3.57. The number of nitrogens with one attached hydrogen (secondary N) is 1. The van der Waals surface area contributed by atoms with Gasteiger partial charge in [0.1, 0.15) is 0 Å². The molecule has 0 saturated carbocycles. The van der Waals surface area contributed by atoms with E-state index in [1.165, 1.54) is 4.31 Å². The molecule has 98 valence electrons. The van der Waals surface area contributed by atoms with Gasteiger partial charge in [-0.2, -0.15) is 4.31 Å². The third kappa shape index (κ3) is 3.01. The summed E-state index contributed by atoms with van der Waals surface area (Å²) in [6.45, 7) is 0.791. The number of rotatable bonds is 2. The van der Waals surface area contributed by atoms with Crippen LogP contribution < -0.4 is 5.32 Å². The molecule has 1 amide bonds. The van der Waals surface area contributed by atoms with Gasteiger partial charge in [0.15, 0.2) is 0 Å². The number of nitrogens with zero attached hydrogens (tertiary/aromatic N) is 1. The number of hydrogen-bond acceptors (Lipinski definition) is 3. The Morgan fingerprint density at radius 3 is 2.56 bits per heavy atom. The van der Waals surface area contributed by atoms with Crippen molar-refractivity contribution in [3.8, 4) is 0 Å². The second-order valence-electron chi connectivity index (χ2n) is 4.00. The fourth-order valence-electron chi connectivity index (χ4n) is 1.74. The summed E-state index contributed by atoms with van der Waals surface area (Å²) >= 11 is 2.12. The highest BCUT2D eigenvalue weighted by Gasteiger charge is 2.27.